The first-order valence-corrected chi connectivity index (χ1v) is 4.65. The van der Waals surface area contributed by atoms with E-state index in [1.807, 2.05) is 6.07 Å². The molecule has 13 heavy (non-hydrogen) atoms. The number of hydrogen-bond acceptors (Lipinski definition) is 2. The van der Waals surface area contributed by atoms with Gasteiger partial charge in [0.05, 0.1) is 10.9 Å². The highest BCUT2D eigenvalue weighted by atomic mass is 32.1. The van der Waals surface area contributed by atoms with Crippen LogP contribution in [0.25, 0.3) is 10.9 Å². The lowest BCUT2D eigenvalue weighted by atomic mass is 10.3. The summed E-state index contributed by atoms with van der Waals surface area (Å²) in [6, 6.07) is 2.36. The maximum absolute atomic E-state index is 5.18. The van der Waals surface area contributed by atoms with Gasteiger partial charge in [0.15, 0.2) is 0 Å². The molecule has 0 amide bonds. The van der Waals surface area contributed by atoms with E-state index in [1.165, 1.54) is 0 Å². The largest absolute Gasteiger partial charge is 0.287 e. The zero-order chi connectivity index (χ0) is 9.42. The van der Waals surface area contributed by atoms with E-state index in [4.69, 9.17) is 12.2 Å². The van der Waals surface area contributed by atoms with Crippen LogP contribution in [0.2, 0.25) is 0 Å². The highest BCUT2D eigenvalue weighted by molar-refractivity contribution is 7.71. The van der Waals surface area contributed by atoms with E-state index in [0.29, 0.717) is 6.04 Å². The summed E-state index contributed by atoms with van der Waals surface area (Å²) in [5.41, 5.74) is 1.12. The standard InChI is InChI=1S/C9H11N3S/c1-6(2)12-8-3-4-10-5-7(8)9(13)11-12/h3-6H,1-2H3,(H,11,13). The third-order valence-corrected chi connectivity index (χ3v) is 2.35. The minimum atomic E-state index is 0.390. The fraction of sp³-hybridized carbons (Fsp3) is 0.333. The van der Waals surface area contributed by atoms with Gasteiger partial charge < -0.3 is 0 Å². The number of pyridine rings is 1. The molecular weight excluding hydrogens is 182 g/mol. The summed E-state index contributed by atoms with van der Waals surface area (Å²) < 4.78 is 2.82. The van der Waals surface area contributed by atoms with Gasteiger partial charge in [-0.25, -0.2) is 0 Å². The number of aromatic nitrogens is 3. The molecular formula is C9H11N3S. The lowest BCUT2D eigenvalue weighted by Gasteiger charge is -2.07. The van der Waals surface area contributed by atoms with Gasteiger partial charge >= 0.3 is 0 Å². The van der Waals surface area contributed by atoms with E-state index in [-0.39, 0.29) is 0 Å². The van der Waals surface area contributed by atoms with Crippen molar-refractivity contribution in [3.8, 4) is 0 Å². The van der Waals surface area contributed by atoms with Crippen LogP contribution in [0.3, 0.4) is 0 Å². The second-order valence-corrected chi connectivity index (χ2v) is 3.71. The molecule has 0 spiro atoms. The number of nitrogens with zero attached hydrogens (tertiary/aromatic N) is 2. The maximum Gasteiger partial charge on any atom is 0.128 e. The molecule has 1 N–H and O–H groups in total. The first kappa shape index (κ1) is 8.44. The molecule has 3 nitrogen and oxygen atoms in total. The maximum atomic E-state index is 5.18. The van der Waals surface area contributed by atoms with Gasteiger partial charge in [-0.1, -0.05) is 12.2 Å². The van der Waals surface area contributed by atoms with Gasteiger partial charge in [-0.05, 0) is 19.9 Å². The molecule has 2 rings (SSSR count). The fourth-order valence-electron chi connectivity index (χ4n) is 1.41. The zero-order valence-electron chi connectivity index (χ0n) is 7.61. The molecule has 4 heteroatoms. The average molecular weight is 193 g/mol. The van der Waals surface area contributed by atoms with Crippen LogP contribution in [0.5, 0.6) is 0 Å². The second-order valence-electron chi connectivity index (χ2n) is 3.30. The Labute approximate surface area is 81.4 Å². The highest BCUT2D eigenvalue weighted by Gasteiger charge is 2.05. The summed E-state index contributed by atoms with van der Waals surface area (Å²) in [5.74, 6) is 0. The monoisotopic (exact) mass is 193 g/mol. The van der Waals surface area contributed by atoms with Crippen molar-refractivity contribution in [3.63, 3.8) is 0 Å². The topological polar surface area (TPSA) is 33.6 Å². The Morgan fingerprint density at radius 3 is 3.00 bits per heavy atom. The second kappa shape index (κ2) is 2.96. The third kappa shape index (κ3) is 1.27. The van der Waals surface area contributed by atoms with Gasteiger partial charge in [0, 0.05) is 18.4 Å². The fourth-order valence-corrected chi connectivity index (χ4v) is 1.66. The van der Waals surface area contributed by atoms with Crippen LogP contribution in [0.15, 0.2) is 18.5 Å². The first-order valence-electron chi connectivity index (χ1n) is 4.24. The van der Waals surface area contributed by atoms with E-state index in [1.54, 1.807) is 12.4 Å². The molecule has 0 radical (unpaired) electrons. The van der Waals surface area contributed by atoms with Crippen LogP contribution < -0.4 is 0 Å². The Kier molecular flexibility index (Phi) is 1.92. The number of hydrogen-bond donors (Lipinski definition) is 1. The Hall–Kier alpha value is -1.16. The molecule has 0 fully saturated rings. The average Bonchev–Trinajstić information content (AvgIpc) is 2.45. The minimum Gasteiger partial charge on any atom is -0.287 e. The van der Waals surface area contributed by atoms with Gasteiger partial charge in [-0.2, -0.15) is 0 Å². The Morgan fingerprint density at radius 1 is 1.54 bits per heavy atom. The summed E-state index contributed by atoms with van der Waals surface area (Å²) in [6.07, 6.45) is 3.58. The highest BCUT2D eigenvalue weighted by Crippen LogP contribution is 2.17. The van der Waals surface area contributed by atoms with Gasteiger partial charge in [0.1, 0.15) is 4.64 Å². The summed E-state index contributed by atoms with van der Waals surface area (Å²) >= 11 is 5.18. The van der Waals surface area contributed by atoms with Crippen LogP contribution in [0.4, 0.5) is 0 Å². The van der Waals surface area contributed by atoms with Crippen molar-refractivity contribution in [2.24, 2.45) is 0 Å². The van der Waals surface area contributed by atoms with E-state index in [2.05, 4.69) is 28.6 Å². The number of aromatic amines is 1. The van der Waals surface area contributed by atoms with Crippen molar-refractivity contribution in [2.75, 3.05) is 0 Å². The zero-order valence-corrected chi connectivity index (χ0v) is 8.43. The van der Waals surface area contributed by atoms with Crippen LogP contribution in [0.1, 0.15) is 19.9 Å². The predicted molar refractivity (Wildman–Crippen MR) is 55.3 cm³/mol. The van der Waals surface area contributed by atoms with Crippen molar-refractivity contribution in [1.82, 2.24) is 14.8 Å². The van der Waals surface area contributed by atoms with Crippen LogP contribution in [0, 0.1) is 4.64 Å². The molecule has 2 aromatic rings. The van der Waals surface area contributed by atoms with Gasteiger partial charge in [0.25, 0.3) is 0 Å². The van der Waals surface area contributed by atoms with Gasteiger partial charge in [0.2, 0.25) is 0 Å². The molecule has 0 saturated carbocycles. The number of H-pyrrole nitrogens is 1. The molecule has 0 bridgehead atoms. The smallest absolute Gasteiger partial charge is 0.128 e. The quantitative estimate of drug-likeness (QED) is 0.706. The predicted octanol–water partition coefficient (Wildman–Crippen LogP) is 2.67. The van der Waals surface area contributed by atoms with Crippen molar-refractivity contribution >= 4 is 23.1 Å². The molecule has 0 unspecified atom stereocenters. The molecule has 2 heterocycles. The SMILES string of the molecule is CC(C)n1[nH]c(=S)c2cnccc21. The van der Waals surface area contributed by atoms with Crippen molar-refractivity contribution in [1.29, 1.82) is 0 Å². The lowest BCUT2D eigenvalue weighted by Crippen LogP contribution is -2.01. The Balaban J connectivity index is 2.86. The van der Waals surface area contributed by atoms with Crippen LogP contribution in [-0.2, 0) is 0 Å². The van der Waals surface area contributed by atoms with Crippen LogP contribution >= 0.6 is 12.2 Å². The van der Waals surface area contributed by atoms with E-state index in [0.717, 1.165) is 15.5 Å². The number of nitrogens with one attached hydrogen (secondary N) is 1. The third-order valence-electron chi connectivity index (χ3n) is 2.04. The number of rotatable bonds is 1. The molecule has 68 valence electrons. The lowest BCUT2D eigenvalue weighted by molar-refractivity contribution is 0.549. The summed E-state index contributed by atoms with van der Waals surface area (Å²) in [6.45, 7) is 4.23. The molecule has 0 aliphatic carbocycles. The van der Waals surface area contributed by atoms with Crippen molar-refractivity contribution in [2.45, 2.75) is 19.9 Å². The van der Waals surface area contributed by atoms with E-state index in [9.17, 15) is 0 Å². The Morgan fingerprint density at radius 2 is 2.31 bits per heavy atom. The Bertz CT molecular complexity index is 481. The molecule has 2 aromatic heterocycles. The summed E-state index contributed by atoms with van der Waals surface area (Å²) in [4.78, 5) is 4.05. The number of fused-ring (bicyclic) bond motifs is 1. The van der Waals surface area contributed by atoms with E-state index < -0.39 is 0 Å². The van der Waals surface area contributed by atoms with Crippen LogP contribution in [-0.4, -0.2) is 14.8 Å². The van der Waals surface area contributed by atoms with Gasteiger partial charge in [-0.15, -0.1) is 0 Å². The van der Waals surface area contributed by atoms with E-state index >= 15 is 0 Å². The van der Waals surface area contributed by atoms with Crippen molar-refractivity contribution < 1.29 is 0 Å². The molecule has 0 aromatic carbocycles. The first-order chi connectivity index (χ1) is 6.20. The minimum absolute atomic E-state index is 0.390. The normalized spacial score (nSPS) is 11.3. The summed E-state index contributed by atoms with van der Waals surface area (Å²) in [7, 11) is 0. The molecule has 0 aliphatic heterocycles. The molecule has 0 saturated heterocycles. The molecule has 0 aliphatic rings. The van der Waals surface area contributed by atoms with Gasteiger partial charge in [-0.3, -0.25) is 14.8 Å². The summed E-state index contributed by atoms with van der Waals surface area (Å²) in [5, 5.41) is 4.16. The molecule has 0 atom stereocenters. The van der Waals surface area contributed by atoms with Crippen molar-refractivity contribution in [3.05, 3.63) is 23.1 Å².